The van der Waals surface area contributed by atoms with Gasteiger partial charge in [-0.2, -0.15) is 0 Å². The van der Waals surface area contributed by atoms with E-state index in [2.05, 4.69) is 30.4 Å². The molecule has 1 aliphatic heterocycles. The first-order valence-electron chi connectivity index (χ1n) is 5.81. The maximum absolute atomic E-state index is 2.62. The Labute approximate surface area is 83.4 Å². The first-order chi connectivity index (χ1) is 6.33. The summed E-state index contributed by atoms with van der Waals surface area (Å²) in [6.07, 6.45) is 3.99. The number of hydrogen-bond acceptors (Lipinski definition) is 2. The van der Waals surface area contributed by atoms with E-state index in [1.165, 1.54) is 45.3 Å². The lowest BCUT2D eigenvalue weighted by molar-refractivity contribution is 0.293. The zero-order valence-corrected chi connectivity index (χ0v) is 9.42. The van der Waals surface area contributed by atoms with E-state index in [4.69, 9.17) is 0 Å². The second-order valence-corrected chi connectivity index (χ2v) is 3.88. The van der Waals surface area contributed by atoms with Crippen LogP contribution in [0.1, 0.15) is 33.6 Å². The lowest BCUT2D eigenvalue weighted by atomic mass is 9.65. The molecule has 0 aromatic carbocycles. The first kappa shape index (κ1) is 11.1. The average Bonchev–Trinajstić information content (AvgIpc) is 2.18. The fourth-order valence-corrected chi connectivity index (χ4v) is 2.37. The lowest BCUT2D eigenvalue weighted by Crippen LogP contribution is -2.57. The van der Waals surface area contributed by atoms with Crippen molar-refractivity contribution in [3.63, 3.8) is 0 Å². The predicted molar refractivity (Wildman–Crippen MR) is 60.0 cm³/mol. The Balaban J connectivity index is 2.53. The third-order valence-electron chi connectivity index (χ3n) is 3.09. The molecule has 1 aliphatic rings. The van der Waals surface area contributed by atoms with Crippen molar-refractivity contribution in [2.45, 2.75) is 39.9 Å². The minimum absolute atomic E-state index is 0.730. The smallest absolute Gasteiger partial charge is 0.310 e. The molecule has 1 rings (SSSR count). The summed E-state index contributed by atoms with van der Waals surface area (Å²) in [4.78, 5) is 5.24. The van der Waals surface area contributed by atoms with Gasteiger partial charge in [0, 0.05) is 0 Å². The molecule has 0 unspecified atom stereocenters. The van der Waals surface area contributed by atoms with Crippen LogP contribution in [0.5, 0.6) is 0 Å². The molecule has 0 aromatic heterocycles. The molecule has 13 heavy (non-hydrogen) atoms. The van der Waals surface area contributed by atoms with Crippen LogP contribution in [0.3, 0.4) is 0 Å². The molecule has 76 valence electrons. The molecule has 2 nitrogen and oxygen atoms in total. The normalized spacial score (nSPS) is 21.0. The molecule has 0 amide bonds. The summed E-state index contributed by atoms with van der Waals surface area (Å²) in [6, 6.07) is 0. The summed E-state index contributed by atoms with van der Waals surface area (Å²) < 4.78 is 0. The topological polar surface area (TPSA) is 6.48 Å². The summed E-state index contributed by atoms with van der Waals surface area (Å²) in [5, 5.41) is 0. The van der Waals surface area contributed by atoms with Crippen molar-refractivity contribution >= 4 is 6.98 Å². The van der Waals surface area contributed by atoms with Gasteiger partial charge >= 0.3 is 6.98 Å². The van der Waals surface area contributed by atoms with Crippen molar-refractivity contribution in [2.24, 2.45) is 0 Å². The second-order valence-electron chi connectivity index (χ2n) is 3.88. The molecule has 0 aliphatic carbocycles. The molecule has 1 heterocycles. The number of rotatable bonds is 4. The monoisotopic (exact) mass is 182 g/mol. The fourth-order valence-electron chi connectivity index (χ4n) is 2.37. The van der Waals surface area contributed by atoms with Crippen molar-refractivity contribution in [3.8, 4) is 0 Å². The summed E-state index contributed by atoms with van der Waals surface area (Å²) in [6.45, 7) is 12.6. The summed E-state index contributed by atoms with van der Waals surface area (Å²) in [5.41, 5.74) is 0. The van der Waals surface area contributed by atoms with Gasteiger partial charge < -0.3 is 9.62 Å². The van der Waals surface area contributed by atoms with Crippen molar-refractivity contribution in [2.75, 3.05) is 26.2 Å². The van der Waals surface area contributed by atoms with Crippen LogP contribution in [0.4, 0.5) is 0 Å². The van der Waals surface area contributed by atoms with Crippen molar-refractivity contribution in [1.29, 1.82) is 0 Å². The van der Waals surface area contributed by atoms with Gasteiger partial charge in [0.15, 0.2) is 0 Å². The van der Waals surface area contributed by atoms with Gasteiger partial charge in [0.2, 0.25) is 0 Å². The molecular weight excluding hydrogens is 159 g/mol. The van der Waals surface area contributed by atoms with E-state index in [9.17, 15) is 0 Å². The average molecular weight is 182 g/mol. The largest absolute Gasteiger partial charge is 0.328 e. The van der Waals surface area contributed by atoms with E-state index in [1.807, 2.05) is 0 Å². The van der Waals surface area contributed by atoms with Crippen LogP contribution >= 0.6 is 0 Å². The van der Waals surface area contributed by atoms with Gasteiger partial charge in [-0.25, -0.2) is 0 Å². The molecule has 0 atom stereocenters. The molecule has 1 fully saturated rings. The molecule has 0 spiro atoms. The van der Waals surface area contributed by atoms with Gasteiger partial charge in [0.05, 0.1) is 0 Å². The zero-order valence-electron chi connectivity index (χ0n) is 9.42. The quantitative estimate of drug-likeness (QED) is 0.613. The maximum Gasteiger partial charge on any atom is 0.310 e. The van der Waals surface area contributed by atoms with E-state index in [0.717, 1.165) is 6.98 Å². The zero-order chi connectivity index (χ0) is 9.68. The molecule has 0 bridgehead atoms. The highest BCUT2D eigenvalue weighted by atomic mass is 15.2. The van der Waals surface area contributed by atoms with E-state index in [-0.39, 0.29) is 0 Å². The second kappa shape index (κ2) is 5.66. The standard InChI is InChI=1S/C10H23BN2/c1-4-8-11-12(5-2)9-7-10-13(11)6-3/h4-10H2,1-3H3. The van der Waals surface area contributed by atoms with Gasteiger partial charge in [-0.1, -0.05) is 27.2 Å². The molecule has 0 radical (unpaired) electrons. The Morgan fingerprint density at radius 3 is 1.92 bits per heavy atom. The van der Waals surface area contributed by atoms with Crippen LogP contribution in [0.15, 0.2) is 0 Å². The minimum Gasteiger partial charge on any atom is -0.328 e. The SMILES string of the molecule is CCCB1N(CC)CCCN1CC. The third kappa shape index (κ3) is 2.71. The summed E-state index contributed by atoms with van der Waals surface area (Å²) >= 11 is 0. The fraction of sp³-hybridized carbons (Fsp3) is 1.00. The molecular formula is C10H23BN2. The van der Waals surface area contributed by atoms with E-state index >= 15 is 0 Å². The highest BCUT2D eigenvalue weighted by Crippen LogP contribution is 2.14. The van der Waals surface area contributed by atoms with Gasteiger partial charge in [-0.05, 0) is 38.9 Å². The van der Waals surface area contributed by atoms with E-state index in [0.29, 0.717) is 0 Å². The first-order valence-corrected chi connectivity index (χ1v) is 5.81. The van der Waals surface area contributed by atoms with Crippen LogP contribution < -0.4 is 0 Å². The highest BCUT2D eigenvalue weighted by Gasteiger charge is 2.30. The van der Waals surface area contributed by atoms with Crippen LogP contribution in [0.2, 0.25) is 6.32 Å². The van der Waals surface area contributed by atoms with E-state index < -0.39 is 0 Å². The molecule has 3 heteroatoms. The molecule has 0 N–H and O–H groups in total. The molecule has 1 saturated heterocycles. The predicted octanol–water partition coefficient (Wildman–Crippen LogP) is 1.93. The Kier molecular flexibility index (Phi) is 4.82. The molecule has 0 saturated carbocycles. The van der Waals surface area contributed by atoms with Crippen molar-refractivity contribution in [1.82, 2.24) is 9.62 Å². The maximum atomic E-state index is 2.62. The van der Waals surface area contributed by atoms with Gasteiger partial charge in [-0.3, -0.25) is 0 Å². The van der Waals surface area contributed by atoms with Crippen LogP contribution in [-0.4, -0.2) is 42.8 Å². The van der Waals surface area contributed by atoms with Crippen LogP contribution in [-0.2, 0) is 0 Å². The third-order valence-corrected chi connectivity index (χ3v) is 3.09. The van der Waals surface area contributed by atoms with Crippen molar-refractivity contribution < 1.29 is 0 Å². The van der Waals surface area contributed by atoms with Crippen molar-refractivity contribution in [3.05, 3.63) is 0 Å². The van der Waals surface area contributed by atoms with Gasteiger partial charge in [-0.15, -0.1) is 0 Å². The Bertz CT molecular complexity index is 129. The highest BCUT2D eigenvalue weighted by molar-refractivity contribution is 6.52. The summed E-state index contributed by atoms with van der Waals surface area (Å²) in [7, 11) is 0. The number of hydrogen-bond donors (Lipinski definition) is 0. The van der Waals surface area contributed by atoms with E-state index in [1.54, 1.807) is 0 Å². The summed E-state index contributed by atoms with van der Waals surface area (Å²) in [5.74, 6) is 0. The minimum atomic E-state index is 0.730. The number of nitrogens with zero attached hydrogens (tertiary/aromatic N) is 2. The van der Waals surface area contributed by atoms with Crippen LogP contribution in [0, 0.1) is 0 Å². The van der Waals surface area contributed by atoms with Gasteiger partial charge in [0.1, 0.15) is 0 Å². The lowest BCUT2D eigenvalue weighted by Gasteiger charge is -2.40. The van der Waals surface area contributed by atoms with Crippen LogP contribution in [0.25, 0.3) is 0 Å². The Hall–Kier alpha value is -0.0151. The van der Waals surface area contributed by atoms with Gasteiger partial charge in [0.25, 0.3) is 0 Å². The Morgan fingerprint density at radius 2 is 1.54 bits per heavy atom. The Morgan fingerprint density at radius 1 is 1.00 bits per heavy atom. The molecule has 0 aromatic rings.